The molecule has 0 bridgehead atoms. The molecule has 2 aromatic heterocycles. The highest BCUT2D eigenvalue weighted by Gasteiger charge is 2.26. The number of hydrogen-bond acceptors (Lipinski definition) is 3. The number of nitrogens with zero attached hydrogens (tertiary/aromatic N) is 3. The zero-order valence-electron chi connectivity index (χ0n) is 11.6. The monoisotopic (exact) mass is 273 g/mol. The molecule has 1 fully saturated rings. The molecule has 1 N–H and O–H groups in total. The Morgan fingerprint density at radius 3 is 3.05 bits per heavy atom. The Morgan fingerprint density at radius 2 is 2.30 bits per heavy atom. The van der Waals surface area contributed by atoms with Crippen LogP contribution in [0.25, 0.3) is 5.52 Å². The van der Waals surface area contributed by atoms with Crippen molar-refractivity contribution in [3.8, 4) is 0 Å². The molecule has 1 atom stereocenters. The van der Waals surface area contributed by atoms with Crippen LogP contribution >= 0.6 is 0 Å². The van der Waals surface area contributed by atoms with Gasteiger partial charge in [0.25, 0.3) is 0 Å². The van der Waals surface area contributed by atoms with Crippen molar-refractivity contribution in [2.24, 2.45) is 0 Å². The summed E-state index contributed by atoms with van der Waals surface area (Å²) in [5.41, 5.74) is 1.25. The first-order valence-electron chi connectivity index (χ1n) is 7.15. The zero-order valence-corrected chi connectivity index (χ0v) is 11.6. The molecule has 1 aliphatic rings. The third-order valence-electron chi connectivity index (χ3n) is 4.12. The van der Waals surface area contributed by atoms with E-state index in [1.165, 1.54) is 12.8 Å². The van der Waals surface area contributed by atoms with E-state index in [0.29, 0.717) is 11.6 Å². The van der Waals surface area contributed by atoms with E-state index in [9.17, 15) is 4.79 Å². The molecule has 5 heteroatoms. The summed E-state index contributed by atoms with van der Waals surface area (Å²) in [7, 11) is 0. The fourth-order valence-corrected chi connectivity index (χ4v) is 3.05. The Bertz CT molecular complexity index is 635. The van der Waals surface area contributed by atoms with Crippen LogP contribution in [0.4, 0.5) is 0 Å². The topological polar surface area (TPSA) is 57.8 Å². The van der Waals surface area contributed by atoms with Crippen LogP contribution in [0.2, 0.25) is 0 Å². The van der Waals surface area contributed by atoms with Gasteiger partial charge in [0.1, 0.15) is 5.82 Å². The summed E-state index contributed by atoms with van der Waals surface area (Å²) in [6, 6.07) is 3.74. The van der Waals surface area contributed by atoms with Crippen LogP contribution in [0.1, 0.15) is 48.4 Å². The molecule has 3 rings (SSSR count). The van der Waals surface area contributed by atoms with Crippen LogP contribution < -0.4 is 0 Å². The summed E-state index contributed by atoms with van der Waals surface area (Å²) in [6.07, 6.45) is 7.03. The molecule has 0 amide bonds. The number of imidazole rings is 1. The Labute approximate surface area is 117 Å². The van der Waals surface area contributed by atoms with Gasteiger partial charge in [0.05, 0.1) is 23.3 Å². The van der Waals surface area contributed by atoms with Gasteiger partial charge >= 0.3 is 5.97 Å². The Kier molecular flexibility index (Phi) is 3.44. The van der Waals surface area contributed by atoms with Gasteiger partial charge in [-0.3, -0.25) is 4.90 Å². The lowest BCUT2D eigenvalue weighted by Crippen LogP contribution is -2.34. The van der Waals surface area contributed by atoms with Gasteiger partial charge in [-0.1, -0.05) is 13.3 Å². The molecule has 5 nitrogen and oxygen atoms in total. The van der Waals surface area contributed by atoms with Gasteiger partial charge in [-0.2, -0.15) is 0 Å². The number of carboxylic acids is 1. The van der Waals surface area contributed by atoms with E-state index >= 15 is 0 Å². The van der Waals surface area contributed by atoms with Crippen molar-refractivity contribution in [2.75, 3.05) is 13.1 Å². The van der Waals surface area contributed by atoms with E-state index in [-0.39, 0.29) is 0 Å². The third kappa shape index (κ3) is 2.18. The van der Waals surface area contributed by atoms with Crippen molar-refractivity contribution in [3.05, 3.63) is 35.9 Å². The number of piperidine rings is 1. The lowest BCUT2D eigenvalue weighted by atomic mass is 10.0. The van der Waals surface area contributed by atoms with E-state index in [4.69, 9.17) is 5.11 Å². The fraction of sp³-hybridized carbons (Fsp3) is 0.467. The molecule has 0 radical (unpaired) electrons. The second kappa shape index (κ2) is 5.25. The Hall–Kier alpha value is -1.88. The van der Waals surface area contributed by atoms with Crippen molar-refractivity contribution in [1.82, 2.24) is 14.3 Å². The fourth-order valence-electron chi connectivity index (χ4n) is 3.05. The molecule has 1 aliphatic heterocycles. The SMILES string of the molecule is CCN1CCCCC1c1ncc2ccc(C(=O)O)cn12. The molecule has 0 aliphatic carbocycles. The first kappa shape index (κ1) is 13.1. The molecule has 1 saturated heterocycles. The minimum absolute atomic E-state index is 0.292. The highest BCUT2D eigenvalue weighted by Crippen LogP contribution is 2.30. The molecule has 0 aromatic carbocycles. The number of hydrogen-bond donors (Lipinski definition) is 1. The summed E-state index contributed by atoms with van der Waals surface area (Å²) in [5, 5.41) is 9.14. The van der Waals surface area contributed by atoms with E-state index in [0.717, 1.165) is 30.9 Å². The maximum Gasteiger partial charge on any atom is 0.337 e. The summed E-state index contributed by atoms with van der Waals surface area (Å²) in [5.74, 6) is 0.0622. The number of rotatable bonds is 3. The predicted molar refractivity (Wildman–Crippen MR) is 76.0 cm³/mol. The highest BCUT2D eigenvalue weighted by atomic mass is 16.4. The quantitative estimate of drug-likeness (QED) is 0.933. The minimum atomic E-state index is -0.900. The molecule has 2 aromatic rings. The van der Waals surface area contributed by atoms with Crippen molar-refractivity contribution in [3.63, 3.8) is 0 Å². The average molecular weight is 273 g/mol. The molecule has 0 spiro atoms. The highest BCUT2D eigenvalue weighted by molar-refractivity contribution is 5.87. The van der Waals surface area contributed by atoms with Gasteiger partial charge in [0.15, 0.2) is 0 Å². The maximum atomic E-state index is 11.1. The van der Waals surface area contributed by atoms with Crippen LogP contribution in [0.15, 0.2) is 24.5 Å². The molecule has 1 unspecified atom stereocenters. The number of pyridine rings is 1. The second-order valence-corrected chi connectivity index (χ2v) is 5.27. The second-order valence-electron chi connectivity index (χ2n) is 5.27. The van der Waals surface area contributed by atoms with Crippen molar-refractivity contribution >= 4 is 11.5 Å². The van der Waals surface area contributed by atoms with Gasteiger partial charge < -0.3 is 9.51 Å². The average Bonchev–Trinajstić information content (AvgIpc) is 2.89. The smallest absolute Gasteiger partial charge is 0.337 e. The largest absolute Gasteiger partial charge is 0.478 e. The first-order chi connectivity index (χ1) is 9.70. The molecule has 0 saturated carbocycles. The molecular formula is C15H19N3O2. The van der Waals surface area contributed by atoms with Gasteiger partial charge in [-0.05, 0) is 38.1 Å². The Morgan fingerprint density at radius 1 is 1.45 bits per heavy atom. The van der Waals surface area contributed by atoms with Crippen LogP contribution in [-0.4, -0.2) is 38.4 Å². The number of carboxylic acid groups (broad SMARTS) is 1. The zero-order chi connectivity index (χ0) is 14.1. The van der Waals surface area contributed by atoms with Crippen molar-refractivity contribution in [1.29, 1.82) is 0 Å². The van der Waals surface area contributed by atoms with Crippen LogP contribution in [-0.2, 0) is 0 Å². The third-order valence-corrected chi connectivity index (χ3v) is 4.12. The molecule has 3 heterocycles. The number of carbonyl (C=O) groups is 1. The van der Waals surface area contributed by atoms with Gasteiger partial charge in [0, 0.05) is 6.20 Å². The molecule has 20 heavy (non-hydrogen) atoms. The van der Waals surface area contributed by atoms with E-state index < -0.39 is 5.97 Å². The first-order valence-corrected chi connectivity index (χ1v) is 7.15. The van der Waals surface area contributed by atoms with Crippen molar-refractivity contribution in [2.45, 2.75) is 32.2 Å². The number of aromatic carboxylic acids is 1. The summed E-state index contributed by atoms with van der Waals surface area (Å²) in [4.78, 5) is 18.1. The minimum Gasteiger partial charge on any atom is -0.478 e. The van der Waals surface area contributed by atoms with E-state index in [1.54, 1.807) is 12.3 Å². The molecule has 106 valence electrons. The van der Waals surface area contributed by atoms with Gasteiger partial charge in [-0.25, -0.2) is 9.78 Å². The van der Waals surface area contributed by atoms with Gasteiger partial charge in [-0.15, -0.1) is 0 Å². The summed E-state index contributed by atoms with van der Waals surface area (Å²) < 4.78 is 1.93. The summed E-state index contributed by atoms with van der Waals surface area (Å²) >= 11 is 0. The predicted octanol–water partition coefficient (Wildman–Crippen LogP) is 2.58. The lowest BCUT2D eigenvalue weighted by molar-refractivity contribution is 0.0696. The van der Waals surface area contributed by atoms with Crippen molar-refractivity contribution < 1.29 is 9.90 Å². The number of likely N-dealkylation sites (tertiary alicyclic amines) is 1. The van der Waals surface area contributed by atoms with Crippen LogP contribution in [0.5, 0.6) is 0 Å². The number of aromatic nitrogens is 2. The lowest BCUT2D eigenvalue weighted by Gasteiger charge is -2.33. The van der Waals surface area contributed by atoms with Gasteiger partial charge in [0.2, 0.25) is 0 Å². The molecular weight excluding hydrogens is 254 g/mol. The standard InChI is InChI=1S/C15H19N3O2/c1-2-17-8-4-3-5-13(17)14-16-9-12-7-6-11(15(19)20)10-18(12)14/h6-7,9-10,13H,2-5,8H2,1H3,(H,19,20). The van der Waals surface area contributed by atoms with E-state index in [1.807, 2.05) is 16.7 Å². The summed E-state index contributed by atoms with van der Waals surface area (Å²) in [6.45, 7) is 4.25. The Balaban J connectivity index is 2.06. The number of fused-ring (bicyclic) bond motifs is 1. The van der Waals surface area contributed by atoms with Crippen LogP contribution in [0, 0.1) is 0 Å². The van der Waals surface area contributed by atoms with Crippen LogP contribution in [0.3, 0.4) is 0 Å². The maximum absolute atomic E-state index is 11.1. The van der Waals surface area contributed by atoms with E-state index in [2.05, 4.69) is 16.8 Å². The normalized spacial score (nSPS) is 20.4.